The van der Waals surface area contributed by atoms with Crippen LogP contribution in [0, 0.1) is 0 Å². The second-order valence-electron chi connectivity index (χ2n) is 8.73. The fourth-order valence-corrected chi connectivity index (χ4v) is 4.47. The minimum atomic E-state index is -0.415. The molecular weight excluding hydrogens is 494 g/mol. The molecule has 8 nitrogen and oxygen atoms in total. The van der Waals surface area contributed by atoms with Crippen molar-refractivity contribution in [3.63, 3.8) is 0 Å². The highest BCUT2D eigenvalue weighted by Crippen LogP contribution is 2.31. The maximum absolute atomic E-state index is 13.7. The fourth-order valence-electron chi connectivity index (χ4n) is 4.31. The van der Waals surface area contributed by atoms with E-state index in [4.69, 9.17) is 21.1 Å². The third-order valence-electron chi connectivity index (χ3n) is 6.08. The normalized spacial score (nSPS) is 12.3. The summed E-state index contributed by atoms with van der Waals surface area (Å²) in [6, 6.07) is 19.1. The minimum absolute atomic E-state index is 0.151. The average Bonchev–Trinajstić information content (AvgIpc) is 2.91. The molecule has 188 valence electrons. The van der Waals surface area contributed by atoms with Crippen molar-refractivity contribution in [1.29, 1.82) is 0 Å². The monoisotopic (exact) mass is 517 g/mol. The number of nitrogens with one attached hydrogen (secondary N) is 1. The van der Waals surface area contributed by atoms with Crippen LogP contribution >= 0.6 is 11.6 Å². The molecule has 5 rings (SSSR count). The lowest BCUT2D eigenvalue weighted by molar-refractivity contribution is 0.0816. The standard InChI is InChI=1S/C28H24ClN3O5/c1-31(2)28(35)25-21(16-30-27(34)17-8-11-23-24(14-17)37-13-12-36-23)26(33)20-10-9-18(29)15-22(20)32(25)19-6-4-3-5-7-19/h3-11,14-15H,12-13,16H2,1-2H3,(H,30,34). The number of halogens is 1. The van der Waals surface area contributed by atoms with E-state index in [2.05, 4.69) is 5.32 Å². The second kappa shape index (κ2) is 9.99. The van der Waals surface area contributed by atoms with Crippen LogP contribution in [-0.2, 0) is 6.54 Å². The number of ether oxygens (including phenoxy) is 2. The van der Waals surface area contributed by atoms with Gasteiger partial charge in [0.05, 0.1) is 5.52 Å². The van der Waals surface area contributed by atoms with Gasteiger partial charge in [-0.05, 0) is 48.5 Å². The number of nitrogens with zero attached hydrogens (tertiary/aromatic N) is 2. The lowest BCUT2D eigenvalue weighted by atomic mass is 10.0. The van der Waals surface area contributed by atoms with Crippen molar-refractivity contribution < 1.29 is 19.1 Å². The summed E-state index contributed by atoms with van der Waals surface area (Å²) < 4.78 is 12.8. The van der Waals surface area contributed by atoms with Crippen molar-refractivity contribution in [3.05, 3.63) is 98.8 Å². The molecule has 1 aromatic heterocycles. The maximum atomic E-state index is 13.7. The third-order valence-corrected chi connectivity index (χ3v) is 6.32. The predicted octanol–water partition coefficient (Wildman–Crippen LogP) is 4.05. The molecule has 37 heavy (non-hydrogen) atoms. The number of carbonyl (C=O) groups excluding carboxylic acids is 2. The molecular formula is C28H24ClN3O5. The van der Waals surface area contributed by atoms with E-state index in [1.165, 1.54) is 4.90 Å². The van der Waals surface area contributed by atoms with E-state index in [0.29, 0.717) is 51.9 Å². The molecule has 0 unspecified atom stereocenters. The number of hydrogen-bond donors (Lipinski definition) is 1. The third kappa shape index (κ3) is 4.63. The summed E-state index contributed by atoms with van der Waals surface area (Å²) in [6.45, 7) is 0.683. The highest BCUT2D eigenvalue weighted by atomic mass is 35.5. The Morgan fingerprint density at radius 1 is 0.973 bits per heavy atom. The number of benzene rings is 3. The number of aromatic nitrogens is 1. The van der Waals surface area contributed by atoms with Crippen LogP contribution in [0.25, 0.3) is 16.6 Å². The van der Waals surface area contributed by atoms with E-state index in [1.807, 2.05) is 30.3 Å². The summed E-state index contributed by atoms with van der Waals surface area (Å²) in [4.78, 5) is 41.7. The van der Waals surface area contributed by atoms with Crippen LogP contribution < -0.4 is 20.2 Å². The van der Waals surface area contributed by atoms with Gasteiger partial charge in [-0.15, -0.1) is 0 Å². The van der Waals surface area contributed by atoms with Crippen LogP contribution in [0.2, 0.25) is 5.02 Å². The molecule has 3 aromatic carbocycles. The number of amides is 2. The van der Waals surface area contributed by atoms with E-state index in [9.17, 15) is 14.4 Å². The summed E-state index contributed by atoms with van der Waals surface area (Å²) in [6.07, 6.45) is 0. The Hall–Kier alpha value is -4.30. The van der Waals surface area contributed by atoms with E-state index in [-0.39, 0.29) is 29.1 Å². The molecule has 0 atom stereocenters. The topological polar surface area (TPSA) is 89.9 Å². The van der Waals surface area contributed by atoms with Gasteiger partial charge in [-0.1, -0.05) is 29.8 Å². The smallest absolute Gasteiger partial charge is 0.270 e. The molecule has 0 bridgehead atoms. The Morgan fingerprint density at radius 2 is 1.70 bits per heavy atom. The van der Waals surface area contributed by atoms with E-state index < -0.39 is 5.91 Å². The van der Waals surface area contributed by atoms with Crippen LogP contribution in [0.15, 0.2) is 71.5 Å². The van der Waals surface area contributed by atoms with Crippen molar-refractivity contribution in [1.82, 2.24) is 14.8 Å². The first kappa shape index (κ1) is 24.4. The zero-order valence-electron chi connectivity index (χ0n) is 20.3. The molecule has 0 spiro atoms. The van der Waals surface area contributed by atoms with Crippen molar-refractivity contribution in [2.75, 3.05) is 27.3 Å². The fraction of sp³-hybridized carbons (Fsp3) is 0.179. The molecule has 0 saturated carbocycles. The van der Waals surface area contributed by atoms with E-state index >= 15 is 0 Å². The van der Waals surface area contributed by atoms with Gasteiger partial charge < -0.3 is 24.3 Å². The molecule has 4 aromatic rings. The molecule has 1 N–H and O–H groups in total. The molecule has 2 amide bonds. The Morgan fingerprint density at radius 3 is 2.43 bits per heavy atom. The van der Waals surface area contributed by atoms with E-state index in [1.54, 1.807) is 55.1 Å². The van der Waals surface area contributed by atoms with Crippen molar-refractivity contribution in [2.45, 2.75) is 6.54 Å². The van der Waals surface area contributed by atoms with Gasteiger partial charge in [0.2, 0.25) is 0 Å². The Bertz CT molecular complexity index is 1580. The number of carbonyl (C=O) groups is 2. The predicted molar refractivity (Wildman–Crippen MR) is 141 cm³/mol. The Kier molecular flexibility index (Phi) is 6.58. The van der Waals surface area contributed by atoms with Gasteiger partial charge in [0.25, 0.3) is 11.8 Å². The van der Waals surface area contributed by atoms with Gasteiger partial charge >= 0.3 is 0 Å². The summed E-state index contributed by atoms with van der Waals surface area (Å²) in [5.74, 6) is 0.255. The first-order chi connectivity index (χ1) is 17.8. The lowest BCUT2D eigenvalue weighted by Gasteiger charge is -2.23. The maximum Gasteiger partial charge on any atom is 0.270 e. The summed E-state index contributed by atoms with van der Waals surface area (Å²) >= 11 is 6.30. The van der Waals surface area contributed by atoms with Crippen molar-refractivity contribution >= 4 is 34.3 Å². The highest BCUT2D eigenvalue weighted by Gasteiger charge is 2.25. The van der Waals surface area contributed by atoms with Crippen molar-refractivity contribution in [2.24, 2.45) is 0 Å². The van der Waals surface area contributed by atoms with Crippen LogP contribution in [0.3, 0.4) is 0 Å². The number of hydrogen-bond acceptors (Lipinski definition) is 5. The zero-order valence-corrected chi connectivity index (χ0v) is 21.0. The summed E-state index contributed by atoms with van der Waals surface area (Å²) in [7, 11) is 3.23. The number of rotatable bonds is 5. The molecule has 0 radical (unpaired) electrons. The number of fused-ring (bicyclic) bond motifs is 2. The lowest BCUT2D eigenvalue weighted by Crippen LogP contribution is -2.34. The zero-order chi connectivity index (χ0) is 26.1. The molecule has 9 heteroatoms. The van der Waals surface area contributed by atoms with Gasteiger partial charge in [-0.25, -0.2) is 0 Å². The van der Waals surface area contributed by atoms with Gasteiger partial charge in [-0.2, -0.15) is 0 Å². The first-order valence-electron chi connectivity index (χ1n) is 11.7. The quantitative estimate of drug-likeness (QED) is 0.431. The van der Waals surface area contributed by atoms with Crippen LogP contribution in [-0.4, -0.2) is 48.6 Å². The van der Waals surface area contributed by atoms with Crippen LogP contribution in [0.5, 0.6) is 11.5 Å². The average molecular weight is 518 g/mol. The number of para-hydroxylation sites is 1. The number of pyridine rings is 1. The molecule has 1 aliphatic rings. The molecule has 2 heterocycles. The molecule has 0 fully saturated rings. The van der Waals surface area contributed by atoms with Gasteiger partial charge in [-0.3, -0.25) is 14.4 Å². The summed E-state index contributed by atoms with van der Waals surface area (Å²) in [5.41, 5.74) is 1.49. The van der Waals surface area contributed by atoms with Gasteiger partial charge in [0.1, 0.15) is 18.9 Å². The Balaban J connectivity index is 1.64. The van der Waals surface area contributed by atoms with Crippen LogP contribution in [0.4, 0.5) is 0 Å². The van der Waals surface area contributed by atoms with Gasteiger partial charge in [0, 0.05) is 47.9 Å². The van der Waals surface area contributed by atoms with Gasteiger partial charge in [0.15, 0.2) is 16.9 Å². The summed E-state index contributed by atoms with van der Waals surface area (Å²) in [5, 5.41) is 3.62. The minimum Gasteiger partial charge on any atom is -0.486 e. The molecule has 1 aliphatic heterocycles. The Labute approximate surface area is 218 Å². The first-order valence-corrected chi connectivity index (χ1v) is 12.0. The van der Waals surface area contributed by atoms with E-state index in [0.717, 1.165) is 0 Å². The van der Waals surface area contributed by atoms with Crippen molar-refractivity contribution in [3.8, 4) is 17.2 Å². The SMILES string of the molecule is CN(C)C(=O)c1c(CNC(=O)c2ccc3c(c2)OCCO3)c(=O)c2ccc(Cl)cc2n1-c1ccccc1. The molecule has 0 saturated heterocycles. The highest BCUT2D eigenvalue weighted by molar-refractivity contribution is 6.31. The largest absolute Gasteiger partial charge is 0.486 e. The second-order valence-corrected chi connectivity index (χ2v) is 9.17. The van der Waals surface area contributed by atoms with Crippen LogP contribution in [0.1, 0.15) is 26.4 Å². The molecule has 0 aliphatic carbocycles.